The Kier molecular flexibility index (Phi) is 6.87. The molecule has 0 spiro atoms. The first-order chi connectivity index (χ1) is 7.83. The van der Waals surface area contributed by atoms with Gasteiger partial charge in [0.15, 0.2) is 0 Å². The van der Waals surface area contributed by atoms with Crippen molar-refractivity contribution in [3.63, 3.8) is 0 Å². The predicted octanol–water partition coefficient (Wildman–Crippen LogP) is 2.56. The van der Waals surface area contributed by atoms with Gasteiger partial charge in [0.2, 0.25) is 0 Å². The zero-order chi connectivity index (χ0) is 11.6. The Morgan fingerprint density at radius 2 is 2.50 bits per heavy atom. The van der Waals surface area contributed by atoms with Crippen LogP contribution < -0.4 is 5.32 Å². The van der Waals surface area contributed by atoms with Gasteiger partial charge in [0.25, 0.3) is 0 Å². The second-order valence-electron chi connectivity index (χ2n) is 3.73. The number of furan rings is 1. The lowest BCUT2D eigenvalue weighted by molar-refractivity contribution is 0.466. The highest BCUT2D eigenvalue weighted by molar-refractivity contribution is 7.99. The topological polar surface area (TPSA) is 25.2 Å². The fraction of sp³-hybridized carbons (Fsp3) is 0.538. The molecule has 1 unspecified atom stereocenters. The van der Waals surface area contributed by atoms with Gasteiger partial charge >= 0.3 is 0 Å². The number of hydrogen-bond donors (Lipinski definition) is 1. The van der Waals surface area contributed by atoms with Crippen molar-refractivity contribution in [3.8, 4) is 12.3 Å². The maximum Gasteiger partial charge on any atom is 0.103 e. The summed E-state index contributed by atoms with van der Waals surface area (Å²) in [4.78, 5) is 0. The average molecular weight is 237 g/mol. The third kappa shape index (κ3) is 5.89. The first-order valence-corrected chi connectivity index (χ1v) is 6.75. The van der Waals surface area contributed by atoms with Crippen LogP contribution in [0.3, 0.4) is 0 Å². The van der Waals surface area contributed by atoms with Crippen LogP contribution in [-0.4, -0.2) is 24.1 Å². The number of nitrogens with one attached hydrogen (secondary N) is 1. The van der Waals surface area contributed by atoms with Crippen molar-refractivity contribution in [2.24, 2.45) is 0 Å². The van der Waals surface area contributed by atoms with Crippen LogP contribution >= 0.6 is 11.8 Å². The van der Waals surface area contributed by atoms with Gasteiger partial charge < -0.3 is 9.73 Å². The van der Waals surface area contributed by atoms with Gasteiger partial charge in [-0.25, -0.2) is 0 Å². The summed E-state index contributed by atoms with van der Waals surface area (Å²) >= 11 is 1.79. The van der Waals surface area contributed by atoms with Gasteiger partial charge in [0.05, 0.1) is 12.0 Å². The van der Waals surface area contributed by atoms with Gasteiger partial charge in [0, 0.05) is 24.8 Å². The molecule has 1 atom stereocenters. The molecule has 0 bridgehead atoms. The molecule has 1 aromatic rings. The van der Waals surface area contributed by atoms with E-state index in [1.54, 1.807) is 18.0 Å². The molecule has 0 aromatic carbocycles. The summed E-state index contributed by atoms with van der Waals surface area (Å²) in [6, 6.07) is 4.48. The van der Waals surface area contributed by atoms with E-state index in [1.165, 1.54) is 0 Å². The lowest BCUT2D eigenvalue weighted by atomic mass is 10.1. The average Bonchev–Trinajstić information content (AvgIpc) is 2.79. The molecule has 0 aliphatic heterocycles. The second-order valence-corrected chi connectivity index (χ2v) is 4.84. The number of hydrogen-bond acceptors (Lipinski definition) is 3. The summed E-state index contributed by atoms with van der Waals surface area (Å²) in [7, 11) is 0. The Morgan fingerprint density at radius 1 is 1.62 bits per heavy atom. The molecule has 0 radical (unpaired) electrons. The van der Waals surface area contributed by atoms with Crippen molar-refractivity contribution < 1.29 is 4.42 Å². The van der Waals surface area contributed by atoms with Crippen LogP contribution in [0, 0.1) is 12.3 Å². The highest BCUT2D eigenvalue weighted by atomic mass is 32.2. The lowest BCUT2D eigenvalue weighted by Crippen LogP contribution is -2.28. The number of thioether (sulfide) groups is 1. The lowest BCUT2D eigenvalue weighted by Gasteiger charge is -2.12. The molecule has 16 heavy (non-hydrogen) atoms. The Labute approximate surface area is 102 Å². The number of aryl methyl sites for hydroxylation is 1. The van der Waals surface area contributed by atoms with Crippen molar-refractivity contribution in [3.05, 3.63) is 24.2 Å². The Morgan fingerprint density at radius 3 is 3.19 bits per heavy atom. The van der Waals surface area contributed by atoms with Crippen LogP contribution in [0.5, 0.6) is 0 Å². The number of terminal acetylenes is 1. The molecule has 1 heterocycles. The van der Waals surface area contributed by atoms with E-state index in [4.69, 9.17) is 10.8 Å². The van der Waals surface area contributed by atoms with E-state index >= 15 is 0 Å². The molecule has 2 nitrogen and oxygen atoms in total. The summed E-state index contributed by atoms with van der Waals surface area (Å²) in [5, 5.41) is 3.47. The molecule has 1 rings (SSSR count). The van der Waals surface area contributed by atoms with Gasteiger partial charge in [0.1, 0.15) is 5.76 Å². The third-order valence-corrected chi connectivity index (χ3v) is 3.19. The van der Waals surface area contributed by atoms with E-state index < -0.39 is 0 Å². The SMILES string of the molecule is C#CCSCCNC(C)CCc1ccco1. The summed E-state index contributed by atoms with van der Waals surface area (Å²) in [6.07, 6.45) is 9.00. The van der Waals surface area contributed by atoms with Crippen molar-refractivity contribution in [2.75, 3.05) is 18.1 Å². The minimum absolute atomic E-state index is 0.525. The van der Waals surface area contributed by atoms with Gasteiger partial charge in [-0.3, -0.25) is 0 Å². The molecule has 0 saturated heterocycles. The molecule has 1 N–H and O–H groups in total. The fourth-order valence-electron chi connectivity index (χ4n) is 1.42. The highest BCUT2D eigenvalue weighted by Crippen LogP contribution is 2.05. The van der Waals surface area contributed by atoms with Gasteiger partial charge in [-0.15, -0.1) is 18.2 Å². The summed E-state index contributed by atoms with van der Waals surface area (Å²) in [5.41, 5.74) is 0. The molecule has 0 saturated carbocycles. The Bertz CT molecular complexity index is 302. The van der Waals surface area contributed by atoms with Gasteiger partial charge in [-0.2, -0.15) is 0 Å². The Hall–Kier alpha value is -0.850. The van der Waals surface area contributed by atoms with Crippen LogP contribution in [0.4, 0.5) is 0 Å². The molecule has 1 aromatic heterocycles. The molecular weight excluding hydrogens is 218 g/mol. The zero-order valence-corrected chi connectivity index (χ0v) is 10.6. The first-order valence-electron chi connectivity index (χ1n) is 5.60. The molecule has 0 aliphatic rings. The smallest absolute Gasteiger partial charge is 0.103 e. The molecule has 0 amide bonds. The zero-order valence-electron chi connectivity index (χ0n) is 9.74. The molecular formula is C13H19NOS. The van der Waals surface area contributed by atoms with Crippen molar-refractivity contribution in [1.29, 1.82) is 0 Å². The van der Waals surface area contributed by atoms with E-state index in [0.29, 0.717) is 6.04 Å². The first kappa shape index (κ1) is 13.2. The van der Waals surface area contributed by atoms with Gasteiger partial charge in [-0.05, 0) is 25.5 Å². The van der Waals surface area contributed by atoms with E-state index in [0.717, 1.165) is 36.7 Å². The minimum Gasteiger partial charge on any atom is -0.469 e. The molecule has 3 heteroatoms. The maximum atomic E-state index is 5.29. The molecule has 0 aliphatic carbocycles. The van der Waals surface area contributed by atoms with Crippen molar-refractivity contribution >= 4 is 11.8 Å². The monoisotopic (exact) mass is 237 g/mol. The van der Waals surface area contributed by atoms with Crippen LogP contribution in [0.2, 0.25) is 0 Å². The van der Waals surface area contributed by atoms with Crippen molar-refractivity contribution in [2.45, 2.75) is 25.8 Å². The van der Waals surface area contributed by atoms with Crippen LogP contribution in [0.1, 0.15) is 19.1 Å². The predicted molar refractivity (Wildman–Crippen MR) is 70.7 cm³/mol. The van der Waals surface area contributed by atoms with E-state index in [-0.39, 0.29) is 0 Å². The molecule has 88 valence electrons. The molecule has 0 fully saturated rings. The second kappa shape index (κ2) is 8.32. The van der Waals surface area contributed by atoms with Crippen molar-refractivity contribution in [1.82, 2.24) is 5.32 Å². The fourth-order valence-corrected chi connectivity index (χ4v) is 1.95. The maximum absolute atomic E-state index is 5.29. The van der Waals surface area contributed by atoms with E-state index in [9.17, 15) is 0 Å². The largest absolute Gasteiger partial charge is 0.469 e. The van der Waals surface area contributed by atoms with E-state index in [2.05, 4.69) is 18.2 Å². The van der Waals surface area contributed by atoms with Crippen LogP contribution in [0.25, 0.3) is 0 Å². The quantitative estimate of drug-likeness (QED) is 0.555. The highest BCUT2D eigenvalue weighted by Gasteiger charge is 2.02. The Balaban J connectivity index is 1.99. The standard InChI is InChI=1S/C13H19NOS/c1-3-10-16-11-8-14-12(2)6-7-13-5-4-9-15-13/h1,4-5,9,12,14H,6-8,10-11H2,2H3. The summed E-state index contributed by atoms with van der Waals surface area (Å²) in [5.74, 6) is 5.57. The third-order valence-electron chi connectivity index (χ3n) is 2.33. The number of rotatable bonds is 8. The minimum atomic E-state index is 0.525. The van der Waals surface area contributed by atoms with Crippen LogP contribution in [-0.2, 0) is 6.42 Å². The summed E-state index contributed by atoms with van der Waals surface area (Å²) < 4.78 is 5.29. The van der Waals surface area contributed by atoms with Gasteiger partial charge in [-0.1, -0.05) is 5.92 Å². The summed E-state index contributed by atoms with van der Waals surface area (Å²) in [6.45, 7) is 3.22. The van der Waals surface area contributed by atoms with E-state index in [1.807, 2.05) is 12.1 Å². The van der Waals surface area contributed by atoms with Crippen LogP contribution in [0.15, 0.2) is 22.8 Å². The normalized spacial score (nSPS) is 12.2.